The quantitative estimate of drug-likeness (QED) is 0.698. The molecule has 1 aliphatic heterocycles. The van der Waals surface area contributed by atoms with E-state index in [9.17, 15) is 23.1 Å². The van der Waals surface area contributed by atoms with Gasteiger partial charge in [0.25, 0.3) is 0 Å². The van der Waals surface area contributed by atoms with Gasteiger partial charge < -0.3 is 19.9 Å². The fraction of sp³-hybridized carbons (Fsp3) is 0.381. The molecule has 3 rings (SSSR count). The van der Waals surface area contributed by atoms with Crippen LogP contribution >= 0.6 is 11.6 Å². The van der Waals surface area contributed by atoms with E-state index in [2.05, 4.69) is 5.32 Å². The van der Waals surface area contributed by atoms with Crippen molar-refractivity contribution in [3.8, 4) is 11.5 Å². The summed E-state index contributed by atoms with van der Waals surface area (Å²) in [7, 11) is 0. The smallest absolute Gasteiger partial charge is 0.416 e. The standard InChI is InChI=1S/C21H21ClF3NO4/c1-2-16(19(28)13-3-5-14(6-4-13)21(23,24)25)26-18(27)11-12-9-15(22)20-17(10-12)29-7-8-30-20/h3-6,9-10,16,19,28H,2,7-8,11H2,1H3,(H,26,27). The highest BCUT2D eigenvalue weighted by atomic mass is 35.5. The molecule has 1 aliphatic rings. The third kappa shape index (κ3) is 5.17. The van der Waals surface area contributed by atoms with E-state index in [-0.39, 0.29) is 17.9 Å². The van der Waals surface area contributed by atoms with Gasteiger partial charge in [-0.2, -0.15) is 13.2 Å². The summed E-state index contributed by atoms with van der Waals surface area (Å²) in [5.74, 6) is 0.546. The number of rotatable bonds is 6. The lowest BCUT2D eigenvalue weighted by Gasteiger charge is -2.24. The molecule has 5 nitrogen and oxygen atoms in total. The predicted octanol–water partition coefficient (Wildman–Crippen LogP) is 4.30. The Morgan fingerprint density at radius 2 is 1.87 bits per heavy atom. The van der Waals surface area contributed by atoms with Gasteiger partial charge in [0.2, 0.25) is 5.91 Å². The van der Waals surface area contributed by atoms with Crippen LogP contribution in [-0.4, -0.2) is 30.3 Å². The highest BCUT2D eigenvalue weighted by molar-refractivity contribution is 6.32. The fourth-order valence-electron chi connectivity index (χ4n) is 3.22. The van der Waals surface area contributed by atoms with Gasteiger partial charge in [-0.3, -0.25) is 4.79 Å². The summed E-state index contributed by atoms with van der Waals surface area (Å²) in [6.07, 6.45) is -5.22. The molecule has 2 N–H and O–H groups in total. The molecule has 9 heteroatoms. The van der Waals surface area contributed by atoms with E-state index < -0.39 is 23.9 Å². The largest absolute Gasteiger partial charge is 0.486 e. The Balaban J connectivity index is 1.66. The number of carbonyl (C=O) groups is 1. The van der Waals surface area contributed by atoms with Crippen LogP contribution in [0.1, 0.15) is 36.1 Å². The second-order valence-electron chi connectivity index (χ2n) is 6.93. The first kappa shape index (κ1) is 22.2. The van der Waals surface area contributed by atoms with E-state index in [0.717, 1.165) is 12.1 Å². The summed E-state index contributed by atoms with van der Waals surface area (Å²) in [6, 6.07) is 6.86. The molecule has 1 heterocycles. The van der Waals surface area contributed by atoms with E-state index >= 15 is 0 Å². The van der Waals surface area contributed by atoms with E-state index in [4.69, 9.17) is 21.1 Å². The molecule has 2 unspecified atom stereocenters. The maximum absolute atomic E-state index is 12.7. The summed E-state index contributed by atoms with van der Waals surface area (Å²) < 4.78 is 49.1. The third-order valence-corrected chi connectivity index (χ3v) is 5.05. The maximum Gasteiger partial charge on any atom is 0.416 e. The molecular formula is C21H21ClF3NO4. The number of aliphatic hydroxyl groups excluding tert-OH is 1. The molecule has 0 bridgehead atoms. The van der Waals surface area contributed by atoms with Crippen molar-refractivity contribution in [3.63, 3.8) is 0 Å². The van der Waals surface area contributed by atoms with Gasteiger partial charge in [0, 0.05) is 0 Å². The van der Waals surface area contributed by atoms with Crippen LogP contribution in [0.2, 0.25) is 5.02 Å². The summed E-state index contributed by atoms with van der Waals surface area (Å²) in [6.45, 7) is 2.54. The number of hydrogen-bond acceptors (Lipinski definition) is 4. The SMILES string of the molecule is CCC(NC(=O)Cc1cc(Cl)c2c(c1)OCCO2)C(O)c1ccc(C(F)(F)F)cc1. The normalized spacial score (nSPS) is 15.4. The minimum absolute atomic E-state index is 0.00735. The first-order chi connectivity index (χ1) is 14.2. The molecule has 2 aromatic rings. The zero-order chi connectivity index (χ0) is 21.9. The molecule has 0 spiro atoms. The lowest BCUT2D eigenvalue weighted by molar-refractivity contribution is -0.137. The van der Waals surface area contributed by atoms with Crippen LogP contribution in [-0.2, 0) is 17.4 Å². The van der Waals surface area contributed by atoms with E-state index in [0.29, 0.717) is 41.7 Å². The number of alkyl halides is 3. The Bertz CT molecular complexity index is 902. The molecule has 162 valence electrons. The van der Waals surface area contributed by atoms with E-state index in [1.165, 1.54) is 12.1 Å². The lowest BCUT2D eigenvalue weighted by atomic mass is 9.98. The van der Waals surface area contributed by atoms with E-state index in [1.54, 1.807) is 19.1 Å². The Kier molecular flexibility index (Phi) is 6.77. The number of hydrogen-bond donors (Lipinski definition) is 2. The summed E-state index contributed by atoms with van der Waals surface area (Å²) >= 11 is 6.18. The van der Waals surface area contributed by atoms with Gasteiger partial charge in [0.05, 0.1) is 29.2 Å². The van der Waals surface area contributed by atoms with Gasteiger partial charge in [-0.05, 0) is 41.8 Å². The minimum Gasteiger partial charge on any atom is -0.486 e. The van der Waals surface area contributed by atoms with Crippen LogP contribution in [0.15, 0.2) is 36.4 Å². The Morgan fingerprint density at radius 1 is 1.20 bits per heavy atom. The number of nitrogens with one attached hydrogen (secondary N) is 1. The van der Waals surface area contributed by atoms with Crippen molar-refractivity contribution in [1.82, 2.24) is 5.32 Å². The average molecular weight is 444 g/mol. The van der Waals surface area contributed by atoms with Crippen molar-refractivity contribution >= 4 is 17.5 Å². The van der Waals surface area contributed by atoms with Crippen LogP contribution in [0.5, 0.6) is 11.5 Å². The highest BCUT2D eigenvalue weighted by Crippen LogP contribution is 2.38. The highest BCUT2D eigenvalue weighted by Gasteiger charge is 2.31. The number of ether oxygens (including phenoxy) is 2. The van der Waals surface area contributed by atoms with Gasteiger partial charge >= 0.3 is 6.18 Å². The Hall–Kier alpha value is -2.45. The van der Waals surface area contributed by atoms with E-state index in [1.807, 2.05) is 0 Å². The maximum atomic E-state index is 12.7. The van der Waals surface area contributed by atoms with Crippen molar-refractivity contribution in [2.75, 3.05) is 13.2 Å². The van der Waals surface area contributed by atoms with Gasteiger partial charge in [0.1, 0.15) is 13.2 Å². The number of amides is 1. The molecule has 2 atom stereocenters. The number of carbonyl (C=O) groups excluding carboxylic acids is 1. The molecule has 1 amide bonds. The van der Waals surface area contributed by atoms with Crippen molar-refractivity contribution in [2.45, 2.75) is 38.1 Å². The number of halogens is 4. The zero-order valence-electron chi connectivity index (χ0n) is 16.1. The van der Waals surface area contributed by atoms with Crippen LogP contribution in [0, 0.1) is 0 Å². The molecule has 0 aromatic heterocycles. The molecule has 0 aliphatic carbocycles. The number of fused-ring (bicyclic) bond motifs is 1. The van der Waals surface area contributed by atoms with Crippen LogP contribution < -0.4 is 14.8 Å². The van der Waals surface area contributed by atoms with Crippen LogP contribution in [0.3, 0.4) is 0 Å². The van der Waals surface area contributed by atoms with Crippen molar-refractivity contribution in [2.24, 2.45) is 0 Å². The fourth-order valence-corrected chi connectivity index (χ4v) is 3.50. The molecule has 30 heavy (non-hydrogen) atoms. The molecule has 0 radical (unpaired) electrons. The van der Waals surface area contributed by atoms with Gasteiger partial charge in [-0.15, -0.1) is 0 Å². The monoisotopic (exact) mass is 443 g/mol. The first-order valence-corrected chi connectivity index (χ1v) is 9.79. The second kappa shape index (κ2) is 9.14. The summed E-state index contributed by atoms with van der Waals surface area (Å²) in [5, 5.41) is 13.6. The van der Waals surface area contributed by atoms with Crippen LogP contribution in [0.4, 0.5) is 13.2 Å². The molecule has 0 saturated heterocycles. The minimum atomic E-state index is -4.45. The van der Waals surface area contributed by atoms with Crippen molar-refractivity contribution in [3.05, 3.63) is 58.1 Å². The van der Waals surface area contributed by atoms with Crippen molar-refractivity contribution in [1.29, 1.82) is 0 Å². The third-order valence-electron chi connectivity index (χ3n) is 4.77. The first-order valence-electron chi connectivity index (χ1n) is 9.41. The van der Waals surface area contributed by atoms with Gasteiger partial charge in [-0.1, -0.05) is 30.7 Å². The predicted molar refractivity (Wildman–Crippen MR) is 105 cm³/mol. The average Bonchev–Trinajstić information content (AvgIpc) is 2.71. The number of aliphatic hydroxyl groups is 1. The molecule has 2 aromatic carbocycles. The molecule has 0 fully saturated rings. The topological polar surface area (TPSA) is 67.8 Å². The van der Waals surface area contributed by atoms with Crippen LogP contribution in [0.25, 0.3) is 0 Å². The summed E-state index contributed by atoms with van der Waals surface area (Å²) in [5.41, 5.74) is 0.101. The summed E-state index contributed by atoms with van der Waals surface area (Å²) in [4.78, 5) is 12.5. The second-order valence-corrected chi connectivity index (χ2v) is 7.33. The lowest BCUT2D eigenvalue weighted by Crippen LogP contribution is -2.39. The van der Waals surface area contributed by atoms with Gasteiger partial charge in [0.15, 0.2) is 11.5 Å². The zero-order valence-corrected chi connectivity index (χ0v) is 16.9. The number of benzene rings is 2. The Labute approximate surface area is 176 Å². The molecule has 0 saturated carbocycles. The molecular weight excluding hydrogens is 423 g/mol. The van der Waals surface area contributed by atoms with Gasteiger partial charge in [-0.25, -0.2) is 0 Å². The van der Waals surface area contributed by atoms with Crippen molar-refractivity contribution < 1.29 is 32.5 Å². The Morgan fingerprint density at radius 3 is 2.50 bits per heavy atom.